The molecule has 0 aliphatic rings. The van der Waals surface area contributed by atoms with Crippen LogP contribution < -0.4 is 4.74 Å². The largest absolute Gasteiger partial charge is 0.496 e. The number of ether oxygens (including phenoxy) is 2. The van der Waals surface area contributed by atoms with E-state index in [4.69, 9.17) is 9.47 Å². The molecule has 0 heterocycles. The molecule has 0 saturated heterocycles. The predicted molar refractivity (Wildman–Crippen MR) is 88.3 cm³/mol. The third-order valence-electron chi connectivity index (χ3n) is 3.33. The van der Waals surface area contributed by atoms with Crippen molar-refractivity contribution in [1.82, 2.24) is 0 Å². The van der Waals surface area contributed by atoms with Crippen molar-refractivity contribution in [2.75, 3.05) is 13.4 Å². The van der Waals surface area contributed by atoms with Gasteiger partial charge in [-0.2, -0.15) is 0 Å². The summed E-state index contributed by atoms with van der Waals surface area (Å²) in [5, 5.41) is 10.8. The van der Waals surface area contributed by atoms with Crippen LogP contribution in [0.15, 0.2) is 47.4 Å². The monoisotopic (exact) mass is 365 g/mol. The molecule has 0 fully saturated rings. The summed E-state index contributed by atoms with van der Waals surface area (Å²) in [6, 6.07) is 9.37. The maximum absolute atomic E-state index is 12.1. The van der Waals surface area contributed by atoms with Gasteiger partial charge in [-0.25, -0.2) is 13.2 Å². The molecule has 0 amide bonds. The van der Waals surface area contributed by atoms with E-state index in [-0.39, 0.29) is 22.8 Å². The van der Waals surface area contributed by atoms with Gasteiger partial charge in [0.15, 0.2) is 9.84 Å². The molecule has 132 valence electrons. The molecule has 2 aromatic carbocycles. The average molecular weight is 365 g/mol. The summed E-state index contributed by atoms with van der Waals surface area (Å²) in [5.41, 5.74) is 0.225. The van der Waals surface area contributed by atoms with E-state index in [0.29, 0.717) is 11.3 Å². The lowest BCUT2D eigenvalue weighted by Crippen LogP contribution is -2.08. The van der Waals surface area contributed by atoms with Crippen molar-refractivity contribution in [3.8, 4) is 5.75 Å². The molecule has 0 bridgehead atoms. The summed E-state index contributed by atoms with van der Waals surface area (Å²) in [6.07, 6.45) is 1.03. The molecule has 9 heteroatoms. The van der Waals surface area contributed by atoms with E-state index in [2.05, 4.69) is 0 Å². The van der Waals surface area contributed by atoms with Gasteiger partial charge >= 0.3 is 5.97 Å². The standard InChI is InChI=1S/C16H15NO7S/c1-23-15-7-6-13(17(19)20)8-12(15)10-24-16(18)11-4-3-5-14(9-11)25(2,21)22/h3-9H,10H2,1-2H3. The molecule has 0 saturated carbocycles. The van der Waals surface area contributed by atoms with Gasteiger partial charge in [0, 0.05) is 24.0 Å². The maximum Gasteiger partial charge on any atom is 0.338 e. The van der Waals surface area contributed by atoms with E-state index < -0.39 is 20.7 Å². The van der Waals surface area contributed by atoms with Gasteiger partial charge < -0.3 is 9.47 Å². The second-order valence-corrected chi connectivity index (χ2v) is 7.15. The van der Waals surface area contributed by atoms with E-state index in [9.17, 15) is 23.3 Å². The number of hydrogen-bond acceptors (Lipinski definition) is 7. The van der Waals surface area contributed by atoms with Gasteiger partial charge in [0.1, 0.15) is 12.4 Å². The van der Waals surface area contributed by atoms with E-state index in [1.165, 1.54) is 49.6 Å². The highest BCUT2D eigenvalue weighted by Gasteiger charge is 2.16. The number of non-ortho nitro benzene ring substituents is 1. The number of carbonyl (C=O) groups excluding carboxylic acids is 1. The fourth-order valence-electron chi connectivity index (χ4n) is 2.07. The van der Waals surface area contributed by atoms with Crippen LogP contribution in [0.5, 0.6) is 5.75 Å². The summed E-state index contributed by atoms with van der Waals surface area (Å²) in [5.74, 6) is -0.414. The Morgan fingerprint density at radius 3 is 2.52 bits per heavy atom. The molecular weight excluding hydrogens is 350 g/mol. The lowest BCUT2D eigenvalue weighted by atomic mass is 10.2. The van der Waals surface area contributed by atoms with Crippen molar-refractivity contribution in [3.63, 3.8) is 0 Å². The van der Waals surface area contributed by atoms with E-state index in [1.807, 2.05) is 0 Å². The van der Waals surface area contributed by atoms with E-state index in [1.54, 1.807) is 0 Å². The molecule has 0 atom stereocenters. The molecule has 0 unspecified atom stereocenters. The zero-order valence-corrected chi connectivity index (χ0v) is 14.3. The topological polar surface area (TPSA) is 113 Å². The Balaban J connectivity index is 2.20. The Morgan fingerprint density at radius 1 is 1.20 bits per heavy atom. The van der Waals surface area contributed by atoms with Gasteiger partial charge in [-0.1, -0.05) is 6.07 Å². The average Bonchev–Trinajstić information content (AvgIpc) is 2.58. The van der Waals surface area contributed by atoms with Crippen LogP contribution in [0.3, 0.4) is 0 Å². The molecule has 25 heavy (non-hydrogen) atoms. The van der Waals surface area contributed by atoms with Crippen LogP contribution >= 0.6 is 0 Å². The van der Waals surface area contributed by atoms with Gasteiger partial charge in [-0.15, -0.1) is 0 Å². The highest BCUT2D eigenvalue weighted by Crippen LogP contribution is 2.25. The third-order valence-corrected chi connectivity index (χ3v) is 4.44. The van der Waals surface area contributed by atoms with Crippen LogP contribution in [-0.2, 0) is 21.2 Å². The van der Waals surface area contributed by atoms with Gasteiger partial charge in [0.2, 0.25) is 0 Å². The van der Waals surface area contributed by atoms with Gasteiger partial charge in [0.25, 0.3) is 5.69 Å². The smallest absolute Gasteiger partial charge is 0.338 e. The quantitative estimate of drug-likeness (QED) is 0.439. The first-order chi connectivity index (χ1) is 11.7. The summed E-state index contributed by atoms with van der Waals surface area (Å²) in [4.78, 5) is 22.4. The Hall–Kier alpha value is -2.94. The molecule has 0 aliphatic heterocycles. The van der Waals surface area contributed by atoms with E-state index >= 15 is 0 Å². The number of hydrogen-bond donors (Lipinski definition) is 0. The number of nitrogens with zero attached hydrogens (tertiary/aromatic N) is 1. The first-order valence-corrected chi connectivity index (χ1v) is 8.90. The summed E-state index contributed by atoms with van der Waals surface area (Å²) in [7, 11) is -2.06. The van der Waals surface area contributed by atoms with Crippen LogP contribution in [0.25, 0.3) is 0 Å². The van der Waals surface area contributed by atoms with Gasteiger partial charge in [-0.05, 0) is 24.3 Å². The second kappa shape index (κ2) is 7.31. The number of rotatable bonds is 6. The number of benzene rings is 2. The van der Waals surface area contributed by atoms with Crippen LogP contribution in [0.2, 0.25) is 0 Å². The minimum absolute atomic E-state index is 0.00474. The normalized spacial score (nSPS) is 11.0. The van der Waals surface area contributed by atoms with E-state index in [0.717, 1.165) is 6.26 Å². The third kappa shape index (κ3) is 4.54. The molecule has 8 nitrogen and oxygen atoms in total. The number of methoxy groups -OCH3 is 1. The lowest BCUT2D eigenvalue weighted by Gasteiger charge is -2.09. The second-order valence-electron chi connectivity index (χ2n) is 5.13. The van der Waals surface area contributed by atoms with Crippen molar-refractivity contribution in [3.05, 3.63) is 63.7 Å². The van der Waals surface area contributed by atoms with Crippen molar-refractivity contribution in [1.29, 1.82) is 0 Å². The Labute approximate surface area is 144 Å². The molecule has 0 radical (unpaired) electrons. The molecule has 0 aromatic heterocycles. The molecule has 2 rings (SSSR count). The van der Waals surface area contributed by atoms with Gasteiger partial charge in [-0.3, -0.25) is 10.1 Å². The lowest BCUT2D eigenvalue weighted by molar-refractivity contribution is -0.385. The maximum atomic E-state index is 12.1. The summed E-state index contributed by atoms with van der Waals surface area (Å²) >= 11 is 0. The van der Waals surface area contributed by atoms with Crippen molar-refractivity contribution in [2.24, 2.45) is 0 Å². The minimum atomic E-state index is -3.45. The number of sulfone groups is 1. The highest BCUT2D eigenvalue weighted by molar-refractivity contribution is 7.90. The first kappa shape index (κ1) is 18.4. The van der Waals surface area contributed by atoms with Crippen molar-refractivity contribution >= 4 is 21.5 Å². The van der Waals surface area contributed by atoms with Crippen LogP contribution in [-0.4, -0.2) is 32.7 Å². The fraction of sp³-hybridized carbons (Fsp3) is 0.188. The summed E-state index contributed by atoms with van der Waals surface area (Å²) in [6.45, 7) is -0.257. The Bertz CT molecular complexity index is 922. The van der Waals surface area contributed by atoms with Crippen molar-refractivity contribution < 1.29 is 27.6 Å². The Kier molecular flexibility index (Phi) is 5.38. The number of nitro benzene ring substituents is 1. The molecule has 0 aliphatic carbocycles. The highest BCUT2D eigenvalue weighted by atomic mass is 32.2. The van der Waals surface area contributed by atoms with Crippen molar-refractivity contribution in [2.45, 2.75) is 11.5 Å². The predicted octanol–water partition coefficient (Wildman–Crippen LogP) is 2.36. The first-order valence-electron chi connectivity index (χ1n) is 7.01. The number of carbonyl (C=O) groups is 1. The number of esters is 1. The van der Waals surface area contributed by atoms with Crippen LogP contribution in [0.4, 0.5) is 5.69 Å². The van der Waals surface area contributed by atoms with Gasteiger partial charge in [0.05, 0.1) is 22.5 Å². The molecule has 2 aromatic rings. The Morgan fingerprint density at radius 2 is 1.92 bits per heavy atom. The molecular formula is C16H15NO7S. The van der Waals surface area contributed by atoms with Crippen LogP contribution in [0, 0.1) is 10.1 Å². The minimum Gasteiger partial charge on any atom is -0.496 e. The molecule has 0 spiro atoms. The zero-order valence-electron chi connectivity index (χ0n) is 13.5. The fourth-order valence-corrected chi connectivity index (χ4v) is 2.74. The number of nitro groups is 1. The summed E-state index contributed by atoms with van der Waals surface area (Å²) < 4.78 is 33.3. The SMILES string of the molecule is COc1ccc([N+](=O)[O-])cc1COC(=O)c1cccc(S(C)(=O)=O)c1. The zero-order chi connectivity index (χ0) is 18.6. The molecule has 0 N–H and O–H groups in total. The van der Waals surface area contributed by atoms with Crippen LogP contribution in [0.1, 0.15) is 15.9 Å².